The minimum absolute atomic E-state index is 0.0190. The molecule has 1 aliphatic carbocycles. The van der Waals surface area contributed by atoms with Gasteiger partial charge in [-0.25, -0.2) is 4.79 Å². The van der Waals surface area contributed by atoms with Crippen LogP contribution in [-0.4, -0.2) is 24.7 Å². The van der Waals surface area contributed by atoms with Crippen molar-refractivity contribution in [2.24, 2.45) is 0 Å². The Bertz CT molecular complexity index is 1000. The van der Waals surface area contributed by atoms with E-state index in [1.807, 2.05) is 26.8 Å². The maximum Gasteiger partial charge on any atom is 0.339 e. The van der Waals surface area contributed by atoms with E-state index in [2.05, 4.69) is 5.32 Å². The van der Waals surface area contributed by atoms with Gasteiger partial charge in [0.1, 0.15) is 22.7 Å². The molecule has 1 aromatic carbocycles. The Morgan fingerprint density at radius 2 is 2.11 bits per heavy atom. The first-order valence-electron chi connectivity index (χ1n) is 9.93. The molecule has 150 valence electrons. The van der Waals surface area contributed by atoms with Crippen LogP contribution in [0.4, 0.5) is 0 Å². The maximum absolute atomic E-state index is 12.7. The zero-order valence-corrected chi connectivity index (χ0v) is 16.9. The average Bonchev–Trinajstić information content (AvgIpc) is 3.43. The van der Waals surface area contributed by atoms with Gasteiger partial charge in [-0.15, -0.1) is 0 Å². The number of benzene rings is 1. The van der Waals surface area contributed by atoms with Crippen molar-refractivity contribution in [2.45, 2.75) is 70.9 Å². The van der Waals surface area contributed by atoms with Gasteiger partial charge in [-0.3, -0.25) is 4.79 Å². The molecule has 28 heavy (non-hydrogen) atoms. The molecule has 2 heterocycles. The van der Waals surface area contributed by atoms with Gasteiger partial charge in [0.05, 0.1) is 12.5 Å². The molecule has 1 saturated carbocycles. The van der Waals surface area contributed by atoms with Crippen molar-refractivity contribution in [2.75, 3.05) is 7.11 Å². The zero-order chi connectivity index (χ0) is 20.1. The highest BCUT2D eigenvalue weighted by molar-refractivity contribution is 5.92. The number of amides is 1. The van der Waals surface area contributed by atoms with Crippen LogP contribution in [0.1, 0.15) is 56.2 Å². The molecule has 0 radical (unpaired) electrons. The van der Waals surface area contributed by atoms with Crippen LogP contribution in [0.15, 0.2) is 15.3 Å². The highest BCUT2D eigenvalue weighted by Crippen LogP contribution is 2.43. The fraction of sp³-hybridized carbons (Fsp3) is 0.545. The lowest BCUT2D eigenvalue weighted by Crippen LogP contribution is -2.32. The summed E-state index contributed by atoms with van der Waals surface area (Å²) in [7, 11) is 1.60. The van der Waals surface area contributed by atoms with Gasteiger partial charge in [0, 0.05) is 29.7 Å². The maximum atomic E-state index is 12.7. The van der Waals surface area contributed by atoms with E-state index in [1.165, 1.54) is 0 Å². The number of fused-ring (bicyclic) bond motifs is 3. The van der Waals surface area contributed by atoms with Gasteiger partial charge in [0.25, 0.3) is 0 Å². The number of carbonyl (C=O) groups excluding carboxylic acids is 1. The second-order valence-corrected chi connectivity index (χ2v) is 8.46. The first-order chi connectivity index (χ1) is 13.3. The van der Waals surface area contributed by atoms with Crippen molar-refractivity contribution in [3.8, 4) is 11.5 Å². The van der Waals surface area contributed by atoms with Gasteiger partial charge in [0.2, 0.25) is 5.91 Å². The summed E-state index contributed by atoms with van der Waals surface area (Å²) in [5.74, 6) is 1.31. The number of ether oxygens (including phenoxy) is 2. The van der Waals surface area contributed by atoms with E-state index in [4.69, 9.17) is 13.9 Å². The van der Waals surface area contributed by atoms with Gasteiger partial charge in [-0.2, -0.15) is 0 Å². The molecule has 0 saturated heterocycles. The molecule has 1 aromatic heterocycles. The van der Waals surface area contributed by atoms with Crippen LogP contribution in [-0.2, 0) is 17.6 Å². The van der Waals surface area contributed by atoms with Crippen molar-refractivity contribution in [3.05, 3.63) is 33.2 Å². The number of hydrogen-bond donors (Lipinski definition) is 1. The van der Waals surface area contributed by atoms with E-state index >= 15 is 0 Å². The van der Waals surface area contributed by atoms with Crippen LogP contribution < -0.4 is 20.4 Å². The zero-order valence-electron chi connectivity index (χ0n) is 16.9. The summed E-state index contributed by atoms with van der Waals surface area (Å²) in [6.45, 7) is 5.99. The van der Waals surface area contributed by atoms with Crippen molar-refractivity contribution in [1.82, 2.24) is 5.32 Å². The smallest absolute Gasteiger partial charge is 0.339 e. The highest BCUT2D eigenvalue weighted by Gasteiger charge is 2.31. The molecule has 6 heteroatoms. The summed E-state index contributed by atoms with van der Waals surface area (Å²) >= 11 is 0. The number of aryl methyl sites for hydroxylation is 2. The van der Waals surface area contributed by atoms with Crippen LogP contribution in [0.3, 0.4) is 0 Å². The predicted molar refractivity (Wildman–Crippen MR) is 106 cm³/mol. The third-order valence-corrected chi connectivity index (χ3v) is 5.70. The van der Waals surface area contributed by atoms with E-state index in [-0.39, 0.29) is 23.6 Å². The standard InChI is InChI=1S/C22H27NO5/c1-12-14(7-8-18(24)23-13-5-6-13)21(25)27-20-15-9-10-22(2,3)28-16(15)11-17(26-4)19(12)20/h11,13H,5-10H2,1-4H3,(H,23,24). The van der Waals surface area contributed by atoms with Crippen LogP contribution in [0.5, 0.6) is 11.5 Å². The molecule has 2 aromatic rings. The third-order valence-electron chi connectivity index (χ3n) is 5.70. The van der Waals surface area contributed by atoms with E-state index in [0.29, 0.717) is 35.1 Å². The van der Waals surface area contributed by atoms with Crippen LogP contribution in [0.25, 0.3) is 11.0 Å². The van der Waals surface area contributed by atoms with Gasteiger partial charge in [0.15, 0.2) is 0 Å². The lowest BCUT2D eigenvalue weighted by Gasteiger charge is -2.33. The number of nitrogens with one attached hydrogen (secondary N) is 1. The van der Waals surface area contributed by atoms with Gasteiger partial charge < -0.3 is 19.2 Å². The average molecular weight is 385 g/mol. The van der Waals surface area contributed by atoms with Crippen molar-refractivity contribution >= 4 is 16.9 Å². The Morgan fingerprint density at radius 3 is 2.79 bits per heavy atom. The number of hydrogen-bond acceptors (Lipinski definition) is 5. The molecule has 1 fully saturated rings. The Kier molecular flexibility index (Phi) is 4.60. The molecular weight excluding hydrogens is 358 g/mol. The Hall–Kier alpha value is -2.50. The van der Waals surface area contributed by atoms with Crippen molar-refractivity contribution in [3.63, 3.8) is 0 Å². The minimum Gasteiger partial charge on any atom is -0.496 e. The quantitative estimate of drug-likeness (QED) is 0.798. The SMILES string of the molecule is COc1cc2c(c3oc(=O)c(CCC(=O)NC4CC4)c(C)c13)CCC(C)(C)O2. The second kappa shape index (κ2) is 6.83. The topological polar surface area (TPSA) is 77.8 Å². The van der Waals surface area contributed by atoms with Crippen LogP contribution >= 0.6 is 0 Å². The van der Waals surface area contributed by atoms with Gasteiger partial charge in [-0.05, 0) is 58.4 Å². The number of carbonyl (C=O) groups is 1. The predicted octanol–water partition coefficient (Wildman–Crippen LogP) is 3.42. The van der Waals surface area contributed by atoms with E-state index in [0.717, 1.165) is 42.2 Å². The summed E-state index contributed by atoms with van der Waals surface area (Å²) < 4.78 is 17.5. The second-order valence-electron chi connectivity index (χ2n) is 8.46. The Morgan fingerprint density at radius 1 is 1.36 bits per heavy atom. The fourth-order valence-electron chi connectivity index (χ4n) is 3.90. The molecule has 2 aliphatic rings. The lowest BCUT2D eigenvalue weighted by atomic mass is 9.91. The molecule has 1 aliphatic heterocycles. The molecule has 4 rings (SSSR count). The molecule has 1 amide bonds. The minimum atomic E-state index is -0.385. The molecule has 0 spiro atoms. The van der Waals surface area contributed by atoms with E-state index in [1.54, 1.807) is 7.11 Å². The molecule has 0 unspecified atom stereocenters. The monoisotopic (exact) mass is 385 g/mol. The first-order valence-corrected chi connectivity index (χ1v) is 9.93. The molecular formula is C22H27NO5. The fourth-order valence-corrected chi connectivity index (χ4v) is 3.90. The molecule has 1 N–H and O–H groups in total. The number of rotatable bonds is 5. The molecule has 6 nitrogen and oxygen atoms in total. The Labute approximate surface area is 164 Å². The first kappa shape index (κ1) is 18.8. The summed E-state index contributed by atoms with van der Waals surface area (Å²) in [6, 6.07) is 2.20. The van der Waals surface area contributed by atoms with Gasteiger partial charge in [-0.1, -0.05) is 0 Å². The third kappa shape index (κ3) is 3.48. The molecule has 0 atom stereocenters. The van der Waals surface area contributed by atoms with Crippen molar-refractivity contribution in [1.29, 1.82) is 0 Å². The number of methoxy groups -OCH3 is 1. The van der Waals surface area contributed by atoms with E-state index < -0.39 is 0 Å². The van der Waals surface area contributed by atoms with Crippen molar-refractivity contribution < 1.29 is 18.7 Å². The lowest BCUT2D eigenvalue weighted by molar-refractivity contribution is -0.121. The largest absolute Gasteiger partial charge is 0.496 e. The highest BCUT2D eigenvalue weighted by atomic mass is 16.5. The van der Waals surface area contributed by atoms with Crippen LogP contribution in [0.2, 0.25) is 0 Å². The van der Waals surface area contributed by atoms with Gasteiger partial charge >= 0.3 is 5.63 Å². The van der Waals surface area contributed by atoms with E-state index in [9.17, 15) is 9.59 Å². The van der Waals surface area contributed by atoms with Crippen LogP contribution in [0, 0.1) is 6.92 Å². The Balaban J connectivity index is 1.75. The summed E-state index contributed by atoms with van der Waals surface area (Å²) in [5.41, 5.74) is 2.15. The normalized spacial score (nSPS) is 17.7. The summed E-state index contributed by atoms with van der Waals surface area (Å²) in [6.07, 6.45) is 4.33. The molecule has 0 bridgehead atoms. The summed E-state index contributed by atoms with van der Waals surface area (Å²) in [4.78, 5) is 24.8. The summed E-state index contributed by atoms with van der Waals surface area (Å²) in [5, 5.41) is 3.75.